The van der Waals surface area contributed by atoms with Crippen LogP contribution in [0.3, 0.4) is 0 Å². The van der Waals surface area contributed by atoms with Crippen molar-refractivity contribution >= 4 is 17.5 Å². The highest BCUT2D eigenvalue weighted by atomic mass is 35.5. The highest BCUT2D eigenvalue weighted by molar-refractivity contribution is 6.33. The van der Waals surface area contributed by atoms with Gasteiger partial charge in [-0.05, 0) is 0 Å². The molecule has 0 saturated carbocycles. The lowest BCUT2D eigenvalue weighted by atomic mass is 9.78. The summed E-state index contributed by atoms with van der Waals surface area (Å²) in [6.07, 6.45) is 0.353. The largest absolute Gasteiger partial charge is 0.493 e. The Balaban J connectivity index is 2.18. The molecule has 1 atom stereocenters. The number of hydrogen-bond donors (Lipinski definition) is 1. The molecule has 0 radical (unpaired) electrons. The van der Waals surface area contributed by atoms with Gasteiger partial charge in [0.05, 0.1) is 17.7 Å². The van der Waals surface area contributed by atoms with Crippen LogP contribution in [0.2, 0.25) is 0 Å². The summed E-state index contributed by atoms with van der Waals surface area (Å²) in [7, 11) is 0. The molecule has 108 valence electrons. The van der Waals surface area contributed by atoms with Gasteiger partial charge in [-0.2, -0.15) is 5.26 Å². The number of carbonyl (C=O) groups excluding carboxylic acids is 1. The monoisotopic (exact) mass is 310 g/mol. The summed E-state index contributed by atoms with van der Waals surface area (Å²) in [5.74, 6) is -2.19. The molecule has 0 aromatic heterocycles. The van der Waals surface area contributed by atoms with E-state index in [9.17, 15) is 13.6 Å². The van der Waals surface area contributed by atoms with E-state index in [1.807, 2.05) is 0 Å². The van der Waals surface area contributed by atoms with Gasteiger partial charge in [0.25, 0.3) is 5.91 Å². The Morgan fingerprint density at radius 3 is 2.86 bits per heavy atom. The van der Waals surface area contributed by atoms with Crippen molar-refractivity contribution in [1.29, 1.82) is 5.26 Å². The Bertz CT molecular complexity index is 726. The smallest absolute Gasteiger partial charge is 0.263 e. The Morgan fingerprint density at radius 2 is 2.19 bits per heavy atom. The second kappa shape index (κ2) is 4.71. The molecule has 1 N–H and O–H groups in total. The normalized spacial score (nSPS) is 24.2. The zero-order valence-corrected chi connectivity index (χ0v) is 11.4. The zero-order valence-electron chi connectivity index (χ0n) is 10.7. The molecule has 2 aliphatic heterocycles. The Morgan fingerprint density at radius 1 is 1.43 bits per heavy atom. The van der Waals surface area contributed by atoms with Gasteiger partial charge in [0.1, 0.15) is 29.0 Å². The molecule has 0 fully saturated rings. The fourth-order valence-corrected chi connectivity index (χ4v) is 3.16. The second-order valence-corrected chi connectivity index (χ2v) is 5.42. The predicted molar refractivity (Wildman–Crippen MR) is 69.4 cm³/mol. The third-order valence-electron chi connectivity index (χ3n) is 3.70. The van der Waals surface area contributed by atoms with Gasteiger partial charge in [0.15, 0.2) is 0 Å². The van der Waals surface area contributed by atoms with Crippen LogP contribution in [-0.2, 0) is 10.3 Å². The van der Waals surface area contributed by atoms with Crippen LogP contribution < -0.4 is 10.1 Å². The number of halogens is 3. The highest BCUT2D eigenvalue weighted by Gasteiger charge is 2.46. The SMILES string of the molecule is N#CC1=C(Cl)C[C@]2(CCOc3cc(F)cc(F)c32)NC1=O. The molecule has 0 unspecified atom stereocenters. The number of hydrogen-bond acceptors (Lipinski definition) is 3. The maximum absolute atomic E-state index is 14.2. The van der Waals surface area contributed by atoms with Crippen LogP contribution in [-0.4, -0.2) is 12.5 Å². The Kier molecular flexibility index (Phi) is 3.10. The molecule has 1 aromatic rings. The highest BCUT2D eigenvalue weighted by Crippen LogP contribution is 2.45. The molecular weight excluding hydrogens is 302 g/mol. The summed E-state index contributed by atoms with van der Waals surface area (Å²) in [6.45, 7) is 0.183. The van der Waals surface area contributed by atoms with E-state index in [4.69, 9.17) is 21.6 Å². The van der Waals surface area contributed by atoms with E-state index in [0.717, 1.165) is 12.1 Å². The summed E-state index contributed by atoms with van der Waals surface area (Å²) in [5.41, 5.74) is -1.23. The van der Waals surface area contributed by atoms with Crippen LogP contribution in [0.25, 0.3) is 0 Å². The van der Waals surface area contributed by atoms with Crippen molar-refractivity contribution in [2.24, 2.45) is 0 Å². The predicted octanol–water partition coefficient (Wildman–Crippen LogP) is 2.48. The zero-order chi connectivity index (χ0) is 15.2. The average molecular weight is 311 g/mol. The van der Waals surface area contributed by atoms with Crippen LogP contribution in [0.4, 0.5) is 8.78 Å². The van der Waals surface area contributed by atoms with E-state index in [2.05, 4.69) is 5.32 Å². The lowest BCUT2D eigenvalue weighted by Crippen LogP contribution is -2.52. The molecule has 0 bridgehead atoms. The van der Waals surface area contributed by atoms with Crippen molar-refractivity contribution in [1.82, 2.24) is 5.32 Å². The summed E-state index contributed by atoms with van der Waals surface area (Å²) in [6, 6.07) is 3.53. The number of nitrogens with zero attached hydrogens (tertiary/aromatic N) is 1. The molecule has 7 heteroatoms. The fraction of sp³-hybridized carbons (Fsp3) is 0.286. The molecule has 2 aliphatic rings. The van der Waals surface area contributed by atoms with Crippen LogP contribution in [0.1, 0.15) is 18.4 Å². The minimum Gasteiger partial charge on any atom is -0.493 e. The van der Waals surface area contributed by atoms with E-state index >= 15 is 0 Å². The number of ether oxygens (including phenoxy) is 1. The molecule has 0 aliphatic carbocycles. The van der Waals surface area contributed by atoms with Gasteiger partial charge in [0.2, 0.25) is 0 Å². The number of rotatable bonds is 0. The molecule has 21 heavy (non-hydrogen) atoms. The third kappa shape index (κ3) is 2.05. The summed E-state index contributed by atoms with van der Waals surface area (Å²) < 4.78 is 32.8. The van der Waals surface area contributed by atoms with Crippen molar-refractivity contribution < 1.29 is 18.3 Å². The van der Waals surface area contributed by atoms with Gasteiger partial charge >= 0.3 is 0 Å². The number of carbonyl (C=O) groups is 1. The lowest BCUT2D eigenvalue weighted by molar-refractivity contribution is -0.120. The van der Waals surface area contributed by atoms with E-state index in [-0.39, 0.29) is 41.4 Å². The topological polar surface area (TPSA) is 62.1 Å². The minimum atomic E-state index is -1.11. The molecular formula is C14H9ClF2N2O2. The molecule has 1 aromatic carbocycles. The average Bonchev–Trinajstić information content (AvgIpc) is 2.37. The van der Waals surface area contributed by atoms with E-state index in [1.165, 1.54) is 0 Å². The number of amides is 1. The van der Waals surface area contributed by atoms with Crippen molar-refractivity contribution in [2.75, 3.05) is 6.61 Å². The van der Waals surface area contributed by atoms with Crippen LogP contribution in [0, 0.1) is 23.0 Å². The van der Waals surface area contributed by atoms with Crippen molar-refractivity contribution in [3.8, 4) is 11.8 Å². The maximum Gasteiger partial charge on any atom is 0.263 e. The number of fused-ring (bicyclic) bond motifs is 2. The molecule has 1 spiro atoms. The molecule has 0 saturated heterocycles. The van der Waals surface area contributed by atoms with Gasteiger partial charge < -0.3 is 10.1 Å². The molecule has 2 heterocycles. The Hall–Kier alpha value is -2.13. The molecule has 3 rings (SSSR count). The van der Waals surface area contributed by atoms with Gasteiger partial charge in [-0.25, -0.2) is 8.78 Å². The van der Waals surface area contributed by atoms with Gasteiger partial charge in [-0.15, -0.1) is 0 Å². The first-order chi connectivity index (χ1) is 9.97. The lowest BCUT2D eigenvalue weighted by Gasteiger charge is -2.41. The standard InChI is InChI=1S/C14H9ClF2N2O2/c15-9-5-14(19-13(20)8(9)6-18)1-2-21-11-4-7(16)3-10(17)12(11)14/h3-4H,1-2,5H2,(H,19,20)/t14-/m0/s1. The molecule has 1 amide bonds. The maximum atomic E-state index is 14.2. The van der Waals surface area contributed by atoms with Crippen LogP contribution in [0.5, 0.6) is 5.75 Å². The van der Waals surface area contributed by atoms with E-state index in [1.54, 1.807) is 6.07 Å². The van der Waals surface area contributed by atoms with Gasteiger partial charge in [-0.3, -0.25) is 4.79 Å². The third-order valence-corrected chi connectivity index (χ3v) is 4.03. The number of nitrogens with one attached hydrogen (secondary N) is 1. The van der Waals surface area contributed by atoms with Crippen molar-refractivity contribution in [3.63, 3.8) is 0 Å². The van der Waals surface area contributed by atoms with E-state index in [0.29, 0.717) is 0 Å². The molecule has 4 nitrogen and oxygen atoms in total. The first-order valence-electron chi connectivity index (χ1n) is 6.20. The number of nitriles is 1. The van der Waals surface area contributed by atoms with Crippen LogP contribution in [0.15, 0.2) is 22.7 Å². The second-order valence-electron chi connectivity index (χ2n) is 4.96. The fourth-order valence-electron chi connectivity index (χ4n) is 2.80. The van der Waals surface area contributed by atoms with Crippen molar-refractivity contribution in [2.45, 2.75) is 18.4 Å². The Labute approximate surface area is 124 Å². The summed E-state index contributed by atoms with van der Waals surface area (Å²) in [4.78, 5) is 12.0. The van der Waals surface area contributed by atoms with E-state index < -0.39 is 23.1 Å². The van der Waals surface area contributed by atoms with Gasteiger partial charge in [-0.1, -0.05) is 11.6 Å². The van der Waals surface area contributed by atoms with Crippen molar-refractivity contribution in [3.05, 3.63) is 39.9 Å². The summed E-state index contributed by atoms with van der Waals surface area (Å²) in [5, 5.41) is 11.6. The van der Waals surface area contributed by atoms with Crippen LogP contribution >= 0.6 is 11.6 Å². The first kappa shape index (κ1) is 13.8. The first-order valence-corrected chi connectivity index (χ1v) is 6.58. The van der Waals surface area contributed by atoms with Gasteiger partial charge in [0, 0.05) is 30.0 Å². The number of benzene rings is 1. The quantitative estimate of drug-likeness (QED) is 0.801. The minimum absolute atomic E-state index is 0.0453. The summed E-state index contributed by atoms with van der Waals surface area (Å²) >= 11 is 6.01.